The van der Waals surface area contributed by atoms with Gasteiger partial charge in [0.05, 0.1) is 19.1 Å². The van der Waals surface area contributed by atoms with E-state index in [0.29, 0.717) is 13.2 Å². The van der Waals surface area contributed by atoms with E-state index < -0.39 is 6.09 Å². The molecule has 0 atom stereocenters. The van der Waals surface area contributed by atoms with Crippen LogP contribution >= 0.6 is 0 Å². The van der Waals surface area contributed by atoms with Crippen molar-refractivity contribution in [3.05, 3.63) is 29.8 Å². The monoisotopic (exact) mass is 248 g/mol. The van der Waals surface area contributed by atoms with Gasteiger partial charge in [0.1, 0.15) is 12.4 Å². The Kier molecular flexibility index (Phi) is 6.12. The Labute approximate surface area is 106 Å². The van der Waals surface area contributed by atoms with Crippen molar-refractivity contribution in [3.8, 4) is 11.8 Å². The number of carbonyl (C=O) groups excluding carboxylic acids is 1. The number of carbonyl (C=O) groups is 1. The predicted molar refractivity (Wildman–Crippen MR) is 66.0 cm³/mol. The summed E-state index contributed by atoms with van der Waals surface area (Å²) in [5.41, 5.74) is 0.858. The highest BCUT2D eigenvalue weighted by atomic mass is 16.5. The average Bonchev–Trinajstić information content (AvgIpc) is 2.38. The number of rotatable bonds is 6. The van der Waals surface area contributed by atoms with Crippen LogP contribution in [0.5, 0.6) is 5.75 Å². The fourth-order valence-electron chi connectivity index (χ4n) is 1.31. The summed E-state index contributed by atoms with van der Waals surface area (Å²) in [5, 5.41) is 10.8. The zero-order chi connectivity index (χ0) is 13.2. The van der Waals surface area contributed by atoms with E-state index in [9.17, 15) is 4.79 Å². The maximum Gasteiger partial charge on any atom is 0.407 e. The van der Waals surface area contributed by atoms with Gasteiger partial charge in [0.2, 0.25) is 0 Å². The standard InChI is InChI=1S/C13H16N2O3/c1-2-17-12-6-3-5-11(9-12)10-18-13(16)15-8-4-7-14/h3,5-6,9H,2,4,8,10H2,1H3,(H,15,16). The molecule has 5 nitrogen and oxygen atoms in total. The van der Waals surface area contributed by atoms with E-state index >= 15 is 0 Å². The van der Waals surface area contributed by atoms with Crippen molar-refractivity contribution in [2.45, 2.75) is 20.0 Å². The van der Waals surface area contributed by atoms with Gasteiger partial charge >= 0.3 is 6.09 Å². The molecule has 5 heteroatoms. The van der Waals surface area contributed by atoms with Crippen molar-refractivity contribution < 1.29 is 14.3 Å². The quantitative estimate of drug-likeness (QED) is 0.783. The van der Waals surface area contributed by atoms with Crippen molar-refractivity contribution in [1.29, 1.82) is 5.26 Å². The normalized spacial score (nSPS) is 9.33. The molecule has 0 saturated heterocycles. The molecule has 1 aromatic rings. The lowest BCUT2D eigenvalue weighted by Crippen LogP contribution is -2.24. The van der Waals surface area contributed by atoms with Gasteiger partial charge < -0.3 is 14.8 Å². The van der Waals surface area contributed by atoms with Gasteiger partial charge in [0.25, 0.3) is 0 Å². The van der Waals surface area contributed by atoms with Gasteiger partial charge in [-0.1, -0.05) is 12.1 Å². The van der Waals surface area contributed by atoms with Crippen LogP contribution in [0.15, 0.2) is 24.3 Å². The van der Waals surface area contributed by atoms with Gasteiger partial charge in [0, 0.05) is 6.54 Å². The molecule has 18 heavy (non-hydrogen) atoms. The fraction of sp³-hybridized carbons (Fsp3) is 0.385. The Balaban J connectivity index is 2.36. The maximum absolute atomic E-state index is 11.2. The molecular formula is C13H16N2O3. The average molecular weight is 248 g/mol. The third-order valence-electron chi connectivity index (χ3n) is 2.09. The Hall–Kier alpha value is -2.22. The summed E-state index contributed by atoms with van der Waals surface area (Å²) < 4.78 is 10.3. The smallest absolute Gasteiger partial charge is 0.407 e. The largest absolute Gasteiger partial charge is 0.494 e. The number of amides is 1. The van der Waals surface area contributed by atoms with Crippen molar-refractivity contribution in [2.75, 3.05) is 13.2 Å². The first kappa shape index (κ1) is 13.8. The summed E-state index contributed by atoms with van der Waals surface area (Å²) in [6.45, 7) is 2.98. The highest BCUT2D eigenvalue weighted by molar-refractivity contribution is 5.67. The Morgan fingerprint density at radius 3 is 3.06 bits per heavy atom. The van der Waals surface area contributed by atoms with Crippen LogP contribution in [0.1, 0.15) is 18.9 Å². The molecule has 0 aliphatic carbocycles. The zero-order valence-corrected chi connectivity index (χ0v) is 10.3. The van der Waals surface area contributed by atoms with Crippen LogP contribution in [0.25, 0.3) is 0 Å². The molecule has 0 heterocycles. The molecule has 1 N–H and O–H groups in total. The number of alkyl carbamates (subject to hydrolysis) is 1. The van der Waals surface area contributed by atoms with Crippen LogP contribution in [0.3, 0.4) is 0 Å². The van der Waals surface area contributed by atoms with E-state index in [1.165, 1.54) is 0 Å². The fourth-order valence-corrected chi connectivity index (χ4v) is 1.31. The lowest BCUT2D eigenvalue weighted by Gasteiger charge is -2.07. The molecule has 0 radical (unpaired) electrons. The second-order valence-electron chi connectivity index (χ2n) is 3.49. The molecule has 1 rings (SSSR count). The highest BCUT2D eigenvalue weighted by Gasteiger charge is 2.02. The van der Waals surface area contributed by atoms with Gasteiger partial charge in [0.15, 0.2) is 0 Å². The molecule has 0 bridgehead atoms. The van der Waals surface area contributed by atoms with E-state index in [-0.39, 0.29) is 13.0 Å². The van der Waals surface area contributed by atoms with Gasteiger partial charge in [-0.05, 0) is 24.6 Å². The molecule has 0 unspecified atom stereocenters. The number of nitrogens with one attached hydrogen (secondary N) is 1. The summed E-state index contributed by atoms with van der Waals surface area (Å²) in [4.78, 5) is 11.2. The number of hydrogen-bond acceptors (Lipinski definition) is 4. The van der Waals surface area contributed by atoms with Crippen LogP contribution < -0.4 is 10.1 Å². The second kappa shape index (κ2) is 7.96. The van der Waals surface area contributed by atoms with Crippen LogP contribution in [0.2, 0.25) is 0 Å². The van der Waals surface area contributed by atoms with E-state index in [2.05, 4.69) is 5.32 Å². The maximum atomic E-state index is 11.2. The van der Waals surface area contributed by atoms with Gasteiger partial charge in [-0.15, -0.1) is 0 Å². The van der Waals surface area contributed by atoms with Crippen LogP contribution in [0.4, 0.5) is 4.79 Å². The molecule has 0 aromatic heterocycles. The van der Waals surface area contributed by atoms with Crippen molar-refractivity contribution in [1.82, 2.24) is 5.32 Å². The SMILES string of the molecule is CCOc1cccc(COC(=O)NCCC#N)c1. The number of hydrogen-bond donors (Lipinski definition) is 1. The van der Waals surface area contributed by atoms with Gasteiger partial charge in [-0.25, -0.2) is 4.79 Å². The first-order chi connectivity index (χ1) is 8.76. The molecule has 0 saturated carbocycles. The number of benzene rings is 1. The summed E-state index contributed by atoms with van der Waals surface area (Å²) >= 11 is 0. The Bertz CT molecular complexity index is 426. The summed E-state index contributed by atoms with van der Waals surface area (Å²) in [7, 11) is 0. The molecule has 0 spiro atoms. The zero-order valence-electron chi connectivity index (χ0n) is 10.3. The van der Waals surface area contributed by atoms with Crippen molar-refractivity contribution >= 4 is 6.09 Å². The van der Waals surface area contributed by atoms with Crippen molar-refractivity contribution in [3.63, 3.8) is 0 Å². The van der Waals surface area contributed by atoms with E-state index in [4.69, 9.17) is 14.7 Å². The molecule has 1 amide bonds. The number of ether oxygens (including phenoxy) is 2. The third kappa shape index (κ3) is 5.21. The Morgan fingerprint density at radius 2 is 2.33 bits per heavy atom. The van der Waals surface area contributed by atoms with Gasteiger partial charge in [-0.2, -0.15) is 5.26 Å². The molecule has 0 fully saturated rings. The second-order valence-corrected chi connectivity index (χ2v) is 3.49. The highest BCUT2D eigenvalue weighted by Crippen LogP contribution is 2.13. The van der Waals surface area contributed by atoms with Crippen LogP contribution in [-0.2, 0) is 11.3 Å². The predicted octanol–water partition coefficient (Wildman–Crippen LogP) is 2.23. The lowest BCUT2D eigenvalue weighted by molar-refractivity contribution is 0.140. The van der Waals surface area contributed by atoms with Crippen molar-refractivity contribution in [2.24, 2.45) is 0 Å². The molecule has 96 valence electrons. The molecule has 1 aromatic carbocycles. The Morgan fingerprint density at radius 1 is 1.50 bits per heavy atom. The summed E-state index contributed by atoms with van der Waals surface area (Å²) in [5.74, 6) is 0.753. The minimum Gasteiger partial charge on any atom is -0.494 e. The molecular weight excluding hydrogens is 232 g/mol. The summed E-state index contributed by atoms with van der Waals surface area (Å²) in [6.07, 6.45) is -0.248. The first-order valence-corrected chi connectivity index (χ1v) is 5.75. The van der Waals surface area contributed by atoms with Crippen LogP contribution in [0, 0.1) is 11.3 Å². The van der Waals surface area contributed by atoms with Crippen LogP contribution in [-0.4, -0.2) is 19.2 Å². The van der Waals surface area contributed by atoms with E-state index in [1.807, 2.05) is 37.3 Å². The molecule has 0 aliphatic heterocycles. The minimum absolute atomic E-state index is 0.180. The topological polar surface area (TPSA) is 71.3 Å². The first-order valence-electron chi connectivity index (χ1n) is 5.75. The molecule has 0 aliphatic rings. The lowest BCUT2D eigenvalue weighted by atomic mass is 10.2. The minimum atomic E-state index is -0.521. The number of nitrogens with zero attached hydrogens (tertiary/aromatic N) is 1. The van der Waals surface area contributed by atoms with E-state index in [0.717, 1.165) is 11.3 Å². The van der Waals surface area contributed by atoms with E-state index in [1.54, 1.807) is 0 Å². The van der Waals surface area contributed by atoms with Gasteiger partial charge in [-0.3, -0.25) is 0 Å². The number of nitriles is 1. The third-order valence-corrected chi connectivity index (χ3v) is 2.09. The summed E-state index contributed by atoms with van der Waals surface area (Å²) in [6, 6.07) is 9.30.